The molecule has 1 saturated carbocycles. The number of methoxy groups -OCH3 is 2. The highest BCUT2D eigenvalue weighted by Gasteiger charge is 2.26. The Labute approximate surface area is 163 Å². The van der Waals surface area contributed by atoms with Gasteiger partial charge in [-0.15, -0.1) is 0 Å². The fraction of sp³-hybridized carbons (Fsp3) is 0.579. The Morgan fingerprint density at radius 2 is 2.00 bits per heavy atom. The van der Waals surface area contributed by atoms with Crippen LogP contribution in [-0.4, -0.2) is 46.6 Å². The SMILES string of the molecule is COc1ccc(CN2CCc3nn(CC4CC4)c(=O)n3CC2)c(Cl)c1OC. The molecule has 0 radical (unpaired) electrons. The minimum absolute atomic E-state index is 0.0305. The van der Waals surface area contributed by atoms with Gasteiger partial charge in [-0.3, -0.25) is 9.47 Å². The largest absolute Gasteiger partial charge is 0.493 e. The molecule has 2 aliphatic rings. The van der Waals surface area contributed by atoms with Gasteiger partial charge in [0, 0.05) is 39.1 Å². The lowest BCUT2D eigenvalue weighted by atomic mass is 10.1. The van der Waals surface area contributed by atoms with Gasteiger partial charge < -0.3 is 9.47 Å². The molecule has 0 atom stereocenters. The van der Waals surface area contributed by atoms with E-state index >= 15 is 0 Å². The summed E-state index contributed by atoms with van der Waals surface area (Å²) in [5, 5.41) is 5.15. The van der Waals surface area contributed by atoms with E-state index in [1.807, 2.05) is 16.7 Å². The second-order valence-corrected chi connectivity index (χ2v) is 7.65. The molecule has 7 nitrogen and oxygen atoms in total. The lowest BCUT2D eigenvalue weighted by Crippen LogP contribution is -2.30. The second kappa shape index (κ2) is 7.56. The number of aromatic nitrogens is 3. The molecule has 1 fully saturated rings. The standard InChI is InChI=1S/C19H25ClN4O3/c1-26-15-6-5-14(17(20)18(15)27-2)12-22-8-7-16-21-24(11-13-3-4-13)19(25)23(16)10-9-22/h5-6,13H,3-4,7-12H2,1-2H3. The van der Waals surface area contributed by atoms with Crippen LogP contribution in [0.1, 0.15) is 24.2 Å². The maximum absolute atomic E-state index is 12.6. The van der Waals surface area contributed by atoms with E-state index in [1.165, 1.54) is 12.8 Å². The zero-order valence-electron chi connectivity index (χ0n) is 15.8. The Hall–Kier alpha value is -1.99. The Morgan fingerprint density at radius 3 is 2.70 bits per heavy atom. The van der Waals surface area contributed by atoms with Crippen molar-refractivity contribution in [3.8, 4) is 11.5 Å². The lowest BCUT2D eigenvalue weighted by molar-refractivity contribution is 0.268. The van der Waals surface area contributed by atoms with E-state index in [4.69, 9.17) is 21.1 Å². The molecule has 2 heterocycles. The van der Waals surface area contributed by atoms with Crippen LogP contribution < -0.4 is 15.2 Å². The van der Waals surface area contributed by atoms with Gasteiger partial charge in [0.25, 0.3) is 0 Å². The summed E-state index contributed by atoms with van der Waals surface area (Å²) in [6.45, 7) is 3.74. The Morgan fingerprint density at radius 1 is 1.19 bits per heavy atom. The van der Waals surface area contributed by atoms with E-state index < -0.39 is 0 Å². The Balaban J connectivity index is 1.47. The molecule has 1 aromatic heterocycles. The van der Waals surface area contributed by atoms with Gasteiger partial charge in [0.1, 0.15) is 5.82 Å². The van der Waals surface area contributed by atoms with Crippen LogP contribution in [0.25, 0.3) is 0 Å². The van der Waals surface area contributed by atoms with E-state index in [-0.39, 0.29) is 5.69 Å². The molecule has 0 amide bonds. The van der Waals surface area contributed by atoms with Gasteiger partial charge in [-0.05, 0) is 30.4 Å². The van der Waals surface area contributed by atoms with Crippen LogP contribution in [-0.2, 0) is 26.1 Å². The third-order valence-corrected chi connectivity index (χ3v) is 5.79. The monoisotopic (exact) mass is 392 g/mol. The van der Waals surface area contributed by atoms with Crippen LogP contribution in [0.15, 0.2) is 16.9 Å². The van der Waals surface area contributed by atoms with Gasteiger partial charge in [-0.25, -0.2) is 9.48 Å². The van der Waals surface area contributed by atoms with Crippen LogP contribution in [0.3, 0.4) is 0 Å². The van der Waals surface area contributed by atoms with Crippen LogP contribution in [0.2, 0.25) is 5.02 Å². The third-order valence-electron chi connectivity index (χ3n) is 5.38. The first kappa shape index (κ1) is 18.4. The number of fused-ring (bicyclic) bond motifs is 1. The summed E-state index contributed by atoms with van der Waals surface area (Å²) in [5.41, 5.74) is 1.02. The van der Waals surface area contributed by atoms with Crippen molar-refractivity contribution >= 4 is 11.6 Å². The molecule has 0 saturated heterocycles. The van der Waals surface area contributed by atoms with Crippen molar-refractivity contribution in [2.24, 2.45) is 5.92 Å². The summed E-state index contributed by atoms with van der Waals surface area (Å²) in [7, 11) is 3.19. The van der Waals surface area contributed by atoms with Crippen molar-refractivity contribution in [3.05, 3.63) is 39.0 Å². The topological polar surface area (TPSA) is 61.5 Å². The number of halogens is 1. The average Bonchev–Trinajstić information content (AvgIpc) is 3.46. The van der Waals surface area contributed by atoms with Crippen molar-refractivity contribution in [1.29, 1.82) is 0 Å². The van der Waals surface area contributed by atoms with Crippen molar-refractivity contribution < 1.29 is 9.47 Å². The normalized spacial score (nSPS) is 17.4. The summed E-state index contributed by atoms with van der Waals surface area (Å²) >= 11 is 6.52. The highest BCUT2D eigenvalue weighted by molar-refractivity contribution is 6.33. The van der Waals surface area contributed by atoms with E-state index in [9.17, 15) is 4.79 Å². The van der Waals surface area contributed by atoms with Crippen molar-refractivity contribution in [1.82, 2.24) is 19.2 Å². The molecule has 0 N–H and O–H groups in total. The van der Waals surface area contributed by atoms with Crippen LogP contribution in [0.5, 0.6) is 11.5 Å². The molecule has 0 spiro atoms. The first-order valence-electron chi connectivity index (χ1n) is 9.39. The first-order chi connectivity index (χ1) is 13.1. The predicted molar refractivity (Wildman–Crippen MR) is 103 cm³/mol. The summed E-state index contributed by atoms with van der Waals surface area (Å²) in [5.74, 6) is 2.72. The maximum Gasteiger partial charge on any atom is 0.345 e. The molecule has 4 rings (SSSR count). The zero-order valence-corrected chi connectivity index (χ0v) is 16.5. The summed E-state index contributed by atoms with van der Waals surface area (Å²) < 4.78 is 14.2. The van der Waals surface area contributed by atoms with Gasteiger partial charge in [-0.2, -0.15) is 5.10 Å². The molecule has 1 aliphatic carbocycles. The van der Waals surface area contributed by atoms with Crippen molar-refractivity contribution in [3.63, 3.8) is 0 Å². The quantitative estimate of drug-likeness (QED) is 0.754. The summed E-state index contributed by atoms with van der Waals surface area (Å²) in [6.07, 6.45) is 3.20. The summed E-state index contributed by atoms with van der Waals surface area (Å²) in [4.78, 5) is 14.9. The number of hydrogen-bond acceptors (Lipinski definition) is 5. The second-order valence-electron chi connectivity index (χ2n) is 7.28. The fourth-order valence-electron chi connectivity index (χ4n) is 3.62. The van der Waals surface area contributed by atoms with Crippen molar-refractivity contribution in [2.45, 2.75) is 38.9 Å². The van der Waals surface area contributed by atoms with Gasteiger partial charge in [0.2, 0.25) is 0 Å². The van der Waals surface area contributed by atoms with E-state index in [2.05, 4.69) is 10.00 Å². The molecular weight excluding hydrogens is 368 g/mol. The Kier molecular flexibility index (Phi) is 5.14. The molecule has 1 aliphatic heterocycles. The van der Waals surface area contributed by atoms with E-state index in [0.29, 0.717) is 35.5 Å². The molecule has 2 aromatic rings. The zero-order chi connectivity index (χ0) is 19.0. The summed E-state index contributed by atoms with van der Waals surface area (Å²) in [6, 6.07) is 3.84. The van der Waals surface area contributed by atoms with Crippen LogP contribution in [0.4, 0.5) is 0 Å². The first-order valence-corrected chi connectivity index (χ1v) is 9.76. The predicted octanol–water partition coefficient (Wildman–Crippen LogP) is 2.18. The molecule has 27 heavy (non-hydrogen) atoms. The lowest BCUT2D eigenvalue weighted by Gasteiger charge is -2.21. The highest BCUT2D eigenvalue weighted by Crippen LogP contribution is 2.37. The Bertz CT molecular complexity index is 888. The van der Waals surface area contributed by atoms with Gasteiger partial charge in [0.15, 0.2) is 11.5 Å². The minimum atomic E-state index is 0.0305. The molecule has 0 bridgehead atoms. The molecule has 0 unspecified atom stereocenters. The fourth-order valence-corrected chi connectivity index (χ4v) is 3.91. The van der Waals surface area contributed by atoms with Gasteiger partial charge >= 0.3 is 5.69 Å². The molecule has 146 valence electrons. The number of hydrogen-bond donors (Lipinski definition) is 0. The highest BCUT2D eigenvalue weighted by atomic mass is 35.5. The van der Waals surface area contributed by atoms with Crippen LogP contribution in [0, 0.1) is 5.92 Å². The number of nitrogens with zero attached hydrogens (tertiary/aromatic N) is 4. The smallest absolute Gasteiger partial charge is 0.345 e. The van der Waals surface area contributed by atoms with Crippen LogP contribution >= 0.6 is 11.6 Å². The minimum Gasteiger partial charge on any atom is -0.493 e. The maximum atomic E-state index is 12.6. The number of benzene rings is 1. The third kappa shape index (κ3) is 3.71. The molecule has 1 aromatic carbocycles. The van der Waals surface area contributed by atoms with Crippen molar-refractivity contribution in [2.75, 3.05) is 27.3 Å². The van der Waals surface area contributed by atoms with E-state index in [1.54, 1.807) is 18.9 Å². The van der Waals surface area contributed by atoms with Gasteiger partial charge in [0.05, 0.1) is 19.2 Å². The molecular formula is C19H25ClN4O3. The average molecular weight is 393 g/mol. The van der Waals surface area contributed by atoms with E-state index in [0.717, 1.165) is 37.4 Å². The van der Waals surface area contributed by atoms with Gasteiger partial charge in [-0.1, -0.05) is 17.7 Å². The number of rotatable bonds is 6. The molecule has 8 heteroatoms. The number of ether oxygens (including phenoxy) is 2.